The number of aromatic nitrogens is 2. The first-order valence-electron chi connectivity index (χ1n) is 5.43. The summed E-state index contributed by atoms with van der Waals surface area (Å²) in [6, 6.07) is 1.89. The Morgan fingerprint density at radius 1 is 1.47 bits per heavy atom. The minimum Gasteiger partial charge on any atom is -0.316 e. The summed E-state index contributed by atoms with van der Waals surface area (Å²) in [7, 11) is -1.84. The lowest BCUT2D eigenvalue weighted by Gasteiger charge is -2.06. The molecule has 0 saturated heterocycles. The van der Waals surface area contributed by atoms with Crippen LogP contribution in [0.25, 0.3) is 0 Å². The zero-order chi connectivity index (χ0) is 13.9. The van der Waals surface area contributed by atoms with E-state index in [4.69, 9.17) is 0 Å². The third-order valence-electron chi connectivity index (χ3n) is 2.43. The number of H-pyrrole nitrogens is 1. The first kappa shape index (κ1) is 14.7. The van der Waals surface area contributed by atoms with Crippen molar-refractivity contribution in [3.63, 3.8) is 0 Å². The number of halogens is 1. The van der Waals surface area contributed by atoms with E-state index in [-0.39, 0.29) is 11.6 Å². The number of sulfonamides is 1. The van der Waals surface area contributed by atoms with Crippen LogP contribution in [0, 0.1) is 0 Å². The Morgan fingerprint density at radius 3 is 2.89 bits per heavy atom. The van der Waals surface area contributed by atoms with Crippen LogP contribution in [0.2, 0.25) is 0 Å². The third kappa shape index (κ3) is 3.42. The second kappa shape index (κ2) is 6.14. The molecule has 0 unspecified atom stereocenters. The summed E-state index contributed by atoms with van der Waals surface area (Å²) in [6.45, 7) is 0.689. The summed E-state index contributed by atoms with van der Waals surface area (Å²) in [6.07, 6.45) is 1.51. The van der Waals surface area contributed by atoms with E-state index in [0.29, 0.717) is 12.1 Å². The molecule has 0 aliphatic carbocycles. The Kier molecular flexibility index (Phi) is 4.74. The van der Waals surface area contributed by atoms with Crippen molar-refractivity contribution in [2.24, 2.45) is 0 Å². The number of nitrogens with zero attached hydrogens (tertiary/aromatic N) is 1. The first-order valence-corrected chi connectivity index (χ1v) is 8.58. The summed E-state index contributed by atoms with van der Waals surface area (Å²) in [5.41, 5.74) is 0.611. The van der Waals surface area contributed by atoms with Gasteiger partial charge in [-0.2, -0.15) is 5.10 Å². The average molecular weight is 365 g/mol. The predicted molar refractivity (Wildman–Crippen MR) is 77.4 cm³/mol. The Bertz CT molecular complexity index is 650. The molecular weight excluding hydrogens is 352 g/mol. The maximum absolute atomic E-state index is 12.2. The Hall–Kier alpha value is -0.740. The molecule has 0 bridgehead atoms. The van der Waals surface area contributed by atoms with Crippen LogP contribution in [-0.4, -0.2) is 25.7 Å². The molecular formula is C10H13BrN4O2S2. The number of hydrogen-bond donors (Lipinski definition) is 3. The number of nitrogens with one attached hydrogen (secondary N) is 3. The number of hydrogen-bond acceptors (Lipinski definition) is 5. The largest absolute Gasteiger partial charge is 0.316 e. The Labute approximate surface area is 123 Å². The van der Waals surface area contributed by atoms with E-state index in [2.05, 4.69) is 36.2 Å². The summed E-state index contributed by atoms with van der Waals surface area (Å²) in [5.74, 6) is 0. The van der Waals surface area contributed by atoms with Crippen molar-refractivity contribution >= 4 is 37.3 Å². The van der Waals surface area contributed by atoms with E-state index in [0.717, 1.165) is 9.35 Å². The van der Waals surface area contributed by atoms with Crippen LogP contribution >= 0.6 is 27.3 Å². The van der Waals surface area contributed by atoms with Gasteiger partial charge in [-0.25, -0.2) is 13.1 Å². The third-order valence-corrected chi connectivity index (χ3v) is 5.77. The van der Waals surface area contributed by atoms with Crippen LogP contribution in [0.15, 0.2) is 27.1 Å². The summed E-state index contributed by atoms with van der Waals surface area (Å²) < 4.78 is 27.8. The molecule has 0 aromatic carbocycles. The molecule has 0 aliphatic heterocycles. The molecule has 0 atom stereocenters. The van der Waals surface area contributed by atoms with Gasteiger partial charge in [0.15, 0.2) is 5.03 Å². The Morgan fingerprint density at radius 2 is 2.26 bits per heavy atom. The predicted octanol–water partition coefficient (Wildman–Crippen LogP) is 1.43. The summed E-state index contributed by atoms with van der Waals surface area (Å²) in [4.78, 5) is 0.929. The van der Waals surface area contributed by atoms with Crippen molar-refractivity contribution in [3.8, 4) is 0 Å². The smallest absolute Gasteiger partial charge is 0.258 e. The molecule has 104 valence electrons. The van der Waals surface area contributed by atoms with E-state index in [1.165, 1.54) is 17.5 Å². The van der Waals surface area contributed by atoms with E-state index in [9.17, 15) is 8.42 Å². The topological polar surface area (TPSA) is 86.9 Å². The second-order valence-electron chi connectivity index (χ2n) is 3.77. The monoisotopic (exact) mass is 364 g/mol. The fourth-order valence-electron chi connectivity index (χ4n) is 1.53. The van der Waals surface area contributed by atoms with E-state index in [1.807, 2.05) is 11.4 Å². The van der Waals surface area contributed by atoms with Crippen LogP contribution in [0.3, 0.4) is 0 Å². The van der Waals surface area contributed by atoms with Gasteiger partial charge in [-0.15, -0.1) is 11.3 Å². The highest BCUT2D eigenvalue weighted by atomic mass is 79.9. The highest BCUT2D eigenvalue weighted by Gasteiger charge is 2.20. The SMILES string of the molecule is CNCc1cn[nH]c1S(=O)(=O)NCc1sccc1Br. The van der Waals surface area contributed by atoms with Crippen molar-refractivity contribution in [1.82, 2.24) is 20.2 Å². The quantitative estimate of drug-likeness (QED) is 0.723. The van der Waals surface area contributed by atoms with E-state index in [1.54, 1.807) is 7.05 Å². The van der Waals surface area contributed by atoms with Crippen LogP contribution in [0.1, 0.15) is 10.4 Å². The van der Waals surface area contributed by atoms with Crippen molar-refractivity contribution < 1.29 is 8.42 Å². The van der Waals surface area contributed by atoms with Crippen LogP contribution < -0.4 is 10.0 Å². The molecule has 0 spiro atoms. The summed E-state index contributed by atoms with van der Waals surface area (Å²) in [5, 5.41) is 11.2. The minimum absolute atomic E-state index is 0.106. The molecule has 2 rings (SSSR count). The first-order chi connectivity index (χ1) is 9.04. The van der Waals surface area contributed by atoms with Crippen molar-refractivity contribution in [1.29, 1.82) is 0 Å². The van der Waals surface area contributed by atoms with E-state index >= 15 is 0 Å². The number of rotatable bonds is 6. The molecule has 2 heterocycles. The lowest BCUT2D eigenvalue weighted by molar-refractivity contribution is 0.575. The van der Waals surface area contributed by atoms with Crippen molar-refractivity contribution in [3.05, 3.63) is 32.6 Å². The second-order valence-corrected chi connectivity index (χ2v) is 7.33. The van der Waals surface area contributed by atoms with Crippen LogP contribution in [-0.2, 0) is 23.1 Å². The fourth-order valence-corrected chi connectivity index (χ4v) is 4.18. The number of thiophene rings is 1. The van der Waals surface area contributed by atoms with Crippen LogP contribution in [0.5, 0.6) is 0 Å². The fraction of sp³-hybridized carbons (Fsp3) is 0.300. The molecule has 0 fully saturated rings. The van der Waals surface area contributed by atoms with Gasteiger partial charge in [-0.3, -0.25) is 5.10 Å². The minimum atomic E-state index is -3.58. The molecule has 2 aromatic heterocycles. The molecule has 9 heteroatoms. The summed E-state index contributed by atoms with van der Waals surface area (Å²) >= 11 is 4.86. The van der Waals surface area contributed by atoms with Gasteiger partial charge in [0.1, 0.15) is 0 Å². The standard InChI is InChI=1S/C10H13BrN4O2S2/c1-12-4-7-5-13-15-10(7)19(16,17)14-6-9-8(11)2-3-18-9/h2-3,5,12,14H,4,6H2,1H3,(H,13,15). The van der Waals surface area contributed by atoms with Gasteiger partial charge < -0.3 is 5.32 Å². The molecule has 0 aliphatic rings. The molecule has 0 radical (unpaired) electrons. The van der Waals surface area contributed by atoms with Gasteiger partial charge in [-0.1, -0.05) is 0 Å². The average Bonchev–Trinajstić information content (AvgIpc) is 2.97. The van der Waals surface area contributed by atoms with Crippen molar-refractivity contribution in [2.75, 3.05) is 7.05 Å². The van der Waals surface area contributed by atoms with Gasteiger partial charge in [0.25, 0.3) is 10.0 Å². The normalized spacial score (nSPS) is 11.9. The zero-order valence-corrected chi connectivity index (χ0v) is 13.3. The maximum Gasteiger partial charge on any atom is 0.258 e. The van der Waals surface area contributed by atoms with Gasteiger partial charge in [0, 0.05) is 28.0 Å². The molecule has 0 amide bonds. The lowest BCUT2D eigenvalue weighted by Crippen LogP contribution is -2.25. The molecule has 2 aromatic rings. The Balaban J connectivity index is 2.14. The van der Waals surface area contributed by atoms with Gasteiger partial charge in [-0.05, 0) is 34.4 Å². The number of aromatic amines is 1. The van der Waals surface area contributed by atoms with Crippen LogP contribution in [0.4, 0.5) is 0 Å². The van der Waals surface area contributed by atoms with E-state index < -0.39 is 10.0 Å². The highest BCUT2D eigenvalue weighted by Crippen LogP contribution is 2.23. The van der Waals surface area contributed by atoms with Gasteiger partial charge >= 0.3 is 0 Å². The van der Waals surface area contributed by atoms with Gasteiger partial charge in [0.05, 0.1) is 6.20 Å². The highest BCUT2D eigenvalue weighted by molar-refractivity contribution is 9.10. The molecule has 3 N–H and O–H groups in total. The molecule has 0 saturated carbocycles. The maximum atomic E-state index is 12.2. The lowest BCUT2D eigenvalue weighted by atomic mass is 10.4. The zero-order valence-electron chi connectivity index (χ0n) is 10.1. The molecule has 19 heavy (non-hydrogen) atoms. The van der Waals surface area contributed by atoms with Crippen molar-refractivity contribution in [2.45, 2.75) is 18.1 Å². The molecule has 6 nitrogen and oxygen atoms in total. The van der Waals surface area contributed by atoms with Gasteiger partial charge in [0.2, 0.25) is 0 Å².